The molecule has 22 heavy (non-hydrogen) atoms. The minimum Gasteiger partial charge on any atom is -0.373 e. The molecule has 3 aliphatic heterocycles. The highest BCUT2D eigenvalue weighted by molar-refractivity contribution is 5.85. The highest BCUT2D eigenvalue weighted by Gasteiger charge is 2.55. The Morgan fingerprint density at radius 3 is 2.73 bits per heavy atom. The fourth-order valence-electron chi connectivity index (χ4n) is 4.63. The van der Waals surface area contributed by atoms with E-state index in [1.807, 2.05) is 0 Å². The fraction of sp³-hybridized carbons (Fsp3) is 0.867. The van der Waals surface area contributed by atoms with Crippen molar-refractivity contribution in [1.82, 2.24) is 9.80 Å². The average molecular weight is 310 g/mol. The summed E-state index contributed by atoms with van der Waals surface area (Å²) in [4.78, 5) is 27.5. The molecule has 0 aromatic heterocycles. The molecular weight excluding hydrogens is 284 g/mol. The van der Waals surface area contributed by atoms with Crippen molar-refractivity contribution in [3.63, 3.8) is 0 Å². The van der Waals surface area contributed by atoms with Crippen LogP contribution in [0.5, 0.6) is 0 Å². The molecule has 0 aromatic carbocycles. The number of morpholine rings is 1. The maximum Gasteiger partial charge on any atom is 0.314 e. The van der Waals surface area contributed by atoms with E-state index in [1.165, 1.54) is 0 Å². The highest BCUT2D eigenvalue weighted by atomic mass is 16.5. The summed E-state index contributed by atoms with van der Waals surface area (Å²) in [5.74, 6) is -0.218. The third-order valence-electron chi connectivity index (χ3n) is 5.75. The van der Waals surface area contributed by atoms with E-state index in [4.69, 9.17) is 16.2 Å². The first-order valence-electron chi connectivity index (χ1n) is 8.20. The van der Waals surface area contributed by atoms with E-state index < -0.39 is 11.6 Å². The van der Waals surface area contributed by atoms with Crippen LogP contribution in [0.3, 0.4) is 0 Å². The van der Waals surface area contributed by atoms with Crippen LogP contribution in [0, 0.1) is 0 Å². The predicted octanol–water partition coefficient (Wildman–Crippen LogP) is 0.0268. The zero-order valence-electron chi connectivity index (χ0n) is 13.2. The van der Waals surface area contributed by atoms with E-state index >= 15 is 0 Å². The number of ether oxygens (including phenoxy) is 1. The third kappa shape index (κ3) is 2.36. The SMILES string of the molecule is CC(C1CN(C(N)=O)CCO1)N1[C@@H]2CCC[C@@]1(C(N)=O)CC2. The summed E-state index contributed by atoms with van der Waals surface area (Å²) >= 11 is 0. The first-order valence-corrected chi connectivity index (χ1v) is 8.20. The van der Waals surface area contributed by atoms with Gasteiger partial charge in [0.15, 0.2) is 0 Å². The quantitative estimate of drug-likeness (QED) is 0.767. The van der Waals surface area contributed by atoms with Gasteiger partial charge in [-0.05, 0) is 39.0 Å². The van der Waals surface area contributed by atoms with Crippen LogP contribution in [0.15, 0.2) is 0 Å². The average Bonchev–Trinajstić information content (AvgIpc) is 2.73. The van der Waals surface area contributed by atoms with E-state index in [0.29, 0.717) is 25.7 Å². The van der Waals surface area contributed by atoms with Crippen LogP contribution in [0.4, 0.5) is 4.79 Å². The van der Waals surface area contributed by atoms with Gasteiger partial charge < -0.3 is 21.1 Å². The Morgan fingerprint density at radius 1 is 1.27 bits per heavy atom. The van der Waals surface area contributed by atoms with Crippen molar-refractivity contribution in [1.29, 1.82) is 0 Å². The van der Waals surface area contributed by atoms with Crippen LogP contribution in [-0.4, -0.2) is 65.2 Å². The molecule has 3 rings (SSSR count). The summed E-state index contributed by atoms with van der Waals surface area (Å²) in [7, 11) is 0. The van der Waals surface area contributed by atoms with E-state index in [-0.39, 0.29) is 18.1 Å². The van der Waals surface area contributed by atoms with Crippen molar-refractivity contribution >= 4 is 11.9 Å². The van der Waals surface area contributed by atoms with Gasteiger partial charge in [0.05, 0.1) is 19.3 Å². The van der Waals surface area contributed by atoms with Gasteiger partial charge in [0.2, 0.25) is 5.91 Å². The molecule has 2 unspecified atom stereocenters. The van der Waals surface area contributed by atoms with Crippen molar-refractivity contribution in [3.05, 3.63) is 0 Å². The predicted molar refractivity (Wildman–Crippen MR) is 81.0 cm³/mol. The number of urea groups is 1. The second-order valence-corrected chi connectivity index (χ2v) is 6.82. The second kappa shape index (κ2) is 5.70. The molecule has 0 saturated carbocycles. The summed E-state index contributed by atoms with van der Waals surface area (Å²) in [6.45, 7) is 3.58. The first kappa shape index (κ1) is 15.6. The van der Waals surface area contributed by atoms with Crippen molar-refractivity contribution in [2.24, 2.45) is 11.5 Å². The minimum absolute atomic E-state index is 0.0439. The maximum absolute atomic E-state index is 12.2. The number of hydrogen-bond donors (Lipinski definition) is 2. The van der Waals surface area contributed by atoms with E-state index in [1.54, 1.807) is 4.90 Å². The Hall–Kier alpha value is -1.34. The number of hydrogen-bond acceptors (Lipinski definition) is 4. The molecule has 4 atom stereocenters. The number of carbonyl (C=O) groups excluding carboxylic acids is 2. The van der Waals surface area contributed by atoms with Crippen LogP contribution in [0.2, 0.25) is 0 Å². The van der Waals surface area contributed by atoms with Gasteiger partial charge in [-0.25, -0.2) is 4.79 Å². The Balaban J connectivity index is 1.80. The molecular formula is C15H26N4O3. The van der Waals surface area contributed by atoms with Crippen molar-refractivity contribution in [2.45, 2.75) is 62.8 Å². The number of piperidine rings is 1. The first-order chi connectivity index (χ1) is 10.5. The number of primary amides is 2. The highest BCUT2D eigenvalue weighted by Crippen LogP contribution is 2.46. The molecule has 3 heterocycles. The molecule has 3 aliphatic rings. The lowest BCUT2D eigenvalue weighted by Gasteiger charge is -2.49. The van der Waals surface area contributed by atoms with Gasteiger partial charge in [-0.1, -0.05) is 0 Å². The summed E-state index contributed by atoms with van der Waals surface area (Å²) in [5.41, 5.74) is 10.6. The normalized spacial score (nSPS) is 37.0. The molecule has 3 saturated heterocycles. The lowest BCUT2D eigenvalue weighted by Crippen LogP contribution is -2.65. The third-order valence-corrected chi connectivity index (χ3v) is 5.75. The summed E-state index contributed by atoms with van der Waals surface area (Å²) in [6.07, 6.45) is 4.71. The van der Waals surface area contributed by atoms with E-state index in [0.717, 1.165) is 32.1 Å². The second-order valence-electron chi connectivity index (χ2n) is 6.82. The lowest BCUT2D eigenvalue weighted by molar-refractivity contribution is -0.139. The molecule has 7 nitrogen and oxygen atoms in total. The van der Waals surface area contributed by atoms with Gasteiger partial charge in [-0.2, -0.15) is 0 Å². The van der Waals surface area contributed by atoms with E-state index in [2.05, 4.69) is 11.8 Å². The van der Waals surface area contributed by atoms with Crippen LogP contribution >= 0.6 is 0 Å². The Bertz CT molecular complexity index is 468. The number of nitrogens with two attached hydrogens (primary N) is 2. The zero-order valence-corrected chi connectivity index (χ0v) is 13.2. The Kier molecular flexibility index (Phi) is 4.03. The molecule has 0 aromatic rings. The molecule has 3 amide bonds. The van der Waals surface area contributed by atoms with Crippen molar-refractivity contribution < 1.29 is 14.3 Å². The van der Waals surface area contributed by atoms with Crippen LogP contribution in [0.25, 0.3) is 0 Å². The standard InChI is InChI=1S/C15H26N4O3/c1-10(12-9-18(14(17)21)7-8-22-12)19-11-3-2-5-15(19,6-4-11)13(16)20/h10-12H,2-9H2,1H3,(H2,16,20)(H2,17,21)/t10?,11-,12?,15+/m1/s1. The number of amides is 3. The van der Waals surface area contributed by atoms with Gasteiger partial charge in [-0.15, -0.1) is 0 Å². The molecule has 7 heteroatoms. The van der Waals surface area contributed by atoms with Crippen LogP contribution in [0.1, 0.15) is 39.0 Å². The monoisotopic (exact) mass is 310 g/mol. The molecule has 124 valence electrons. The van der Waals surface area contributed by atoms with Gasteiger partial charge >= 0.3 is 6.03 Å². The number of carbonyl (C=O) groups is 2. The van der Waals surface area contributed by atoms with Gasteiger partial charge in [0, 0.05) is 18.6 Å². The number of rotatable bonds is 3. The number of fused-ring (bicyclic) bond motifs is 2. The van der Waals surface area contributed by atoms with Crippen LogP contribution in [-0.2, 0) is 9.53 Å². The van der Waals surface area contributed by atoms with Crippen LogP contribution < -0.4 is 11.5 Å². The Morgan fingerprint density at radius 2 is 2.05 bits per heavy atom. The molecule has 4 N–H and O–H groups in total. The Labute approximate surface area is 130 Å². The molecule has 0 radical (unpaired) electrons. The smallest absolute Gasteiger partial charge is 0.314 e. The van der Waals surface area contributed by atoms with Gasteiger partial charge in [0.1, 0.15) is 5.54 Å². The summed E-state index contributed by atoms with van der Waals surface area (Å²) in [6, 6.07) is 0.0259. The number of nitrogens with zero attached hydrogens (tertiary/aromatic N) is 2. The minimum atomic E-state index is -0.527. The largest absolute Gasteiger partial charge is 0.373 e. The molecule has 3 fully saturated rings. The van der Waals surface area contributed by atoms with Gasteiger partial charge in [-0.3, -0.25) is 9.69 Å². The lowest BCUT2D eigenvalue weighted by atomic mass is 9.85. The fourth-order valence-corrected chi connectivity index (χ4v) is 4.63. The van der Waals surface area contributed by atoms with Crippen molar-refractivity contribution in [3.8, 4) is 0 Å². The zero-order chi connectivity index (χ0) is 15.9. The summed E-state index contributed by atoms with van der Waals surface area (Å²) in [5, 5.41) is 0. The molecule has 2 bridgehead atoms. The molecule has 0 aliphatic carbocycles. The summed E-state index contributed by atoms with van der Waals surface area (Å²) < 4.78 is 5.88. The van der Waals surface area contributed by atoms with E-state index in [9.17, 15) is 9.59 Å². The molecule has 0 spiro atoms. The van der Waals surface area contributed by atoms with Gasteiger partial charge in [0.25, 0.3) is 0 Å². The topological polar surface area (TPSA) is 102 Å². The van der Waals surface area contributed by atoms with Crippen molar-refractivity contribution in [2.75, 3.05) is 19.7 Å². The maximum atomic E-state index is 12.2.